The molecule has 1 aliphatic heterocycles. The van der Waals surface area contributed by atoms with Crippen molar-refractivity contribution in [1.29, 1.82) is 0 Å². The van der Waals surface area contributed by atoms with Gasteiger partial charge in [0, 0.05) is 51.8 Å². The Morgan fingerprint density at radius 2 is 1.78 bits per heavy atom. The molecule has 0 unspecified atom stereocenters. The number of carbonyl (C=O) groups excluding carboxylic acids is 1. The van der Waals surface area contributed by atoms with Crippen LogP contribution in [0, 0.1) is 10.1 Å². The zero-order valence-corrected chi connectivity index (χ0v) is 26.2. The molecular weight excluding hydrogens is 621 g/mol. The highest BCUT2D eigenvalue weighted by molar-refractivity contribution is 7.10. The van der Waals surface area contributed by atoms with Crippen molar-refractivity contribution >= 4 is 57.0 Å². The Morgan fingerprint density at radius 3 is 2.50 bits per heavy atom. The number of nitrogens with zero attached hydrogens (tertiary/aromatic N) is 4. The molecule has 6 aromatic rings. The average molecular weight is 647 g/mol. The SMILES string of the molecule is CCOC(=O)C1=C(c2ccccc2)N=c2s/c(=C\c3cn(Cc4ccc([N+](=O)[O-])cc4)c4ccccc34)c(=O)n2[C@@H]1c1cccs1. The Bertz CT molecular complexity index is 2320. The highest BCUT2D eigenvalue weighted by Crippen LogP contribution is 2.37. The van der Waals surface area contributed by atoms with Gasteiger partial charge in [-0.15, -0.1) is 11.3 Å². The molecule has 228 valence electrons. The van der Waals surface area contributed by atoms with Crippen molar-refractivity contribution < 1.29 is 14.5 Å². The molecule has 0 radical (unpaired) electrons. The van der Waals surface area contributed by atoms with Gasteiger partial charge in [-0.2, -0.15) is 0 Å². The smallest absolute Gasteiger partial charge is 0.338 e. The van der Waals surface area contributed by atoms with Crippen LogP contribution in [0.5, 0.6) is 0 Å². The molecule has 0 spiro atoms. The van der Waals surface area contributed by atoms with Crippen LogP contribution in [-0.4, -0.2) is 26.6 Å². The van der Waals surface area contributed by atoms with Crippen LogP contribution in [0.15, 0.2) is 118 Å². The number of nitro benzene ring substituents is 1. The number of carbonyl (C=O) groups is 1. The quantitative estimate of drug-likeness (QED) is 0.116. The zero-order chi connectivity index (χ0) is 31.8. The molecule has 3 aromatic heterocycles. The van der Waals surface area contributed by atoms with E-state index in [-0.39, 0.29) is 17.9 Å². The Hall–Kier alpha value is -5.39. The summed E-state index contributed by atoms with van der Waals surface area (Å²) in [7, 11) is 0. The number of benzene rings is 3. The summed E-state index contributed by atoms with van der Waals surface area (Å²) in [6, 6.07) is 27.0. The number of hydrogen-bond acceptors (Lipinski definition) is 8. The van der Waals surface area contributed by atoms with Crippen molar-refractivity contribution in [2.75, 3.05) is 6.61 Å². The molecule has 3 aromatic carbocycles. The van der Waals surface area contributed by atoms with Crippen LogP contribution >= 0.6 is 22.7 Å². The largest absolute Gasteiger partial charge is 0.463 e. The molecule has 0 fully saturated rings. The normalized spacial score (nSPS) is 14.7. The third-order valence-corrected chi connectivity index (χ3v) is 9.70. The molecule has 1 aliphatic rings. The monoisotopic (exact) mass is 646 g/mol. The first-order valence-corrected chi connectivity index (χ1v) is 16.3. The highest BCUT2D eigenvalue weighted by Gasteiger charge is 2.35. The third-order valence-electron chi connectivity index (χ3n) is 7.79. The molecular formula is C35H26N4O5S2. The summed E-state index contributed by atoms with van der Waals surface area (Å²) in [6.07, 6.45) is 3.86. The van der Waals surface area contributed by atoms with Gasteiger partial charge in [-0.05, 0) is 36.1 Å². The number of nitro groups is 1. The summed E-state index contributed by atoms with van der Waals surface area (Å²) in [5.41, 5.74) is 4.10. The predicted octanol–water partition coefficient (Wildman–Crippen LogP) is 5.91. The lowest BCUT2D eigenvalue weighted by Gasteiger charge is -2.24. The zero-order valence-electron chi connectivity index (χ0n) is 24.5. The van der Waals surface area contributed by atoms with E-state index in [1.54, 1.807) is 23.6 Å². The first kappa shape index (κ1) is 29.3. The van der Waals surface area contributed by atoms with E-state index in [4.69, 9.17) is 9.73 Å². The van der Waals surface area contributed by atoms with Crippen LogP contribution in [0.1, 0.15) is 34.5 Å². The molecule has 4 heterocycles. The number of esters is 1. The number of non-ortho nitro benzene ring substituents is 1. The van der Waals surface area contributed by atoms with Crippen molar-refractivity contribution in [1.82, 2.24) is 9.13 Å². The highest BCUT2D eigenvalue weighted by atomic mass is 32.1. The van der Waals surface area contributed by atoms with Gasteiger partial charge in [-0.1, -0.05) is 78.1 Å². The second-order valence-corrected chi connectivity index (χ2v) is 12.6. The van der Waals surface area contributed by atoms with Crippen LogP contribution in [0.25, 0.3) is 22.7 Å². The van der Waals surface area contributed by atoms with E-state index in [0.717, 1.165) is 32.5 Å². The van der Waals surface area contributed by atoms with Gasteiger partial charge < -0.3 is 9.30 Å². The van der Waals surface area contributed by atoms with Gasteiger partial charge in [0.05, 0.1) is 27.3 Å². The molecule has 0 saturated heterocycles. The molecule has 1 atom stereocenters. The van der Waals surface area contributed by atoms with Gasteiger partial charge in [0.15, 0.2) is 4.80 Å². The second kappa shape index (κ2) is 12.2. The predicted molar refractivity (Wildman–Crippen MR) is 180 cm³/mol. The maximum absolute atomic E-state index is 14.3. The summed E-state index contributed by atoms with van der Waals surface area (Å²) in [5, 5.41) is 14.0. The molecule has 0 N–H and O–H groups in total. The van der Waals surface area contributed by atoms with E-state index in [2.05, 4.69) is 4.57 Å². The van der Waals surface area contributed by atoms with Crippen LogP contribution in [0.4, 0.5) is 5.69 Å². The first-order chi connectivity index (χ1) is 22.4. The number of thiophene rings is 1. The number of fused-ring (bicyclic) bond motifs is 2. The Morgan fingerprint density at radius 1 is 1.02 bits per heavy atom. The van der Waals surface area contributed by atoms with E-state index in [0.29, 0.717) is 27.1 Å². The van der Waals surface area contributed by atoms with Crippen molar-refractivity contribution in [3.63, 3.8) is 0 Å². The van der Waals surface area contributed by atoms with Gasteiger partial charge in [-0.25, -0.2) is 9.79 Å². The number of para-hydroxylation sites is 1. The third kappa shape index (κ3) is 5.29. The molecule has 46 heavy (non-hydrogen) atoms. The fourth-order valence-corrected chi connectivity index (χ4v) is 7.55. The van der Waals surface area contributed by atoms with Crippen LogP contribution in [0.2, 0.25) is 0 Å². The minimum absolute atomic E-state index is 0.0413. The number of hydrogen-bond donors (Lipinski definition) is 0. The van der Waals surface area contributed by atoms with Gasteiger partial charge in [0.2, 0.25) is 0 Å². The summed E-state index contributed by atoms with van der Waals surface area (Å²) in [6.45, 7) is 2.44. The van der Waals surface area contributed by atoms with Gasteiger partial charge >= 0.3 is 5.97 Å². The van der Waals surface area contributed by atoms with E-state index < -0.39 is 16.9 Å². The topological polar surface area (TPSA) is 109 Å². The van der Waals surface area contributed by atoms with Gasteiger partial charge in [-0.3, -0.25) is 19.5 Å². The van der Waals surface area contributed by atoms with Gasteiger partial charge in [0.25, 0.3) is 11.2 Å². The minimum Gasteiger partial charge on any atom is -0.463 e. The molecule has 0 aliphatic carbocycles. The average Bonchev–Trinajstić information content (AvgIpc) is 3.80. The van der Waals surface area contributed by atoms with Gasteiger partial charge in [0.1, 0.15) is 6.04 Å². The minimum atomic E-state index is -0.698. The van der Waals surface area contributed by atoms with E-state index >= 15 is 0 Å². The summed E-state index contributed by atoms with van der Waals surface area (Å²) >= 11 is 2.75. The Labute approximate surface area is 270 Å². The lowest BCUT2D eigenvalue weighted by Crippen LogP contribution is -2.39. The van der Waals surface area contributed by atoms with Crippen LogP contribution in [-0.2, 0) is 16.1 Å². The van der Waals surface area contributed by atoms with E-state index in [1.807, 2.05) is 84.4 Å². The van der Waals surface area contributed by atoms with Crippen molar-refractivity contribution in [2.45, 2.75) is 19.5 Å². The Kier molecular flexibility index (Phi) is 7.77. The van der Waals surface area contributed by atoms with Crippen LogP contribution < -0.4 is 14.9 Å². The standard InChI is InChI=1S/C35H26N4O5S2/c1-2-44-34(41)30-31(23-9-4-3-5-10-23)36-35-38(32(30)28-13-8-18-45-28)33(40)29(46-35)19-24-21-37(27-12-7-6-11-26(24)27)20-22-14-16-25(17-15-22)39(42)43/h3-19,21,32H,2,20H2,1H3/b29-19-/t32-/m1/s1. The fraction of sp³-hybridized carbons (Fsp3) is 0.114. The van der Waals surface area contributed by atoms with Crippen molar-refractivity contribution in [3.8, 4) is 0 Å². The molecule has 0 saturated carbocycles. The Balaban J connectivity index is 1.40. The summed E-state index contributed by atoms with van der Waals surface area (Å²) in [4.78, 5) is 44.8. The maximum atomic E-state index is 14.3. The molecule has 11 heteroatoms. The fourth-order valence-electron chi connectivity index (χ4n) is 5.74. The number of thiazole rings is 1. The number of aromatic nitrogens is 2. The molecule has 0 bridgehead atoms. The van der Waals surface area contributed by atoms with E-state index in [9.17, 15) is 19.7 Å². The first-order valence-electron chi connectivity index (χ1n) is 14.6. The number of rotatable bonds is 8. The molecule has 0 amide bonds. The van der Waals surface area contributed by atoms with E-state index in [1.165, 1.54) is 34.8 Å². The van der Waals surface area contributed by atoms with Crippen molar-refractivity contribution in [3.05, 3.63) is 160 Å². The lowest BCUT2D eigenvalue weighted by atomic mass is 9.97. The summed E-state index contributed by atoms with van der Waals surface area (Å²) < 4.78 is 9.69. The summed E-state index contributed by atoms with van der Waals surface area (Å²) in [5.74, 6) is -0.507. The second-order valence-electron chi connectivity index (χ2n) is 10.6. The number of ether oxygens (including phenoxy) is 1. The van der Waals surface area contributed by atoms with Crippen molar-refractivity contribution in [2.24, 2.45) is 4.99 Å². The van der Waals surface area contributed by atoms with Crippen LogP contribution in [0.3, 0.4) is 0 Å². The maximum Gasteiger partial charge on any atom is 0.338 e. The lowest BCUT2D eigenvalue weighted by molar-refractivity contribution is -0.384. The molecule has 7 rings (SSSR count). The molecule has 9 nitrogen and oxygen atoms in total.